The molecule has 4 N–H and O–H groups in total. The van der Waals surface area contributed by atoms with Gasteiger partial charge in [-0.15, -0.1) is 0 Å². The molecule has 0 aliphatic rings. The zero-order valence-corrected chi connectivity index (χ0v) is 13.5. The van der Waals surface area contributed by atoms with Crippen LogP contribution in [0.5, 0.6) is 0 Å². The molecule has 0 rings (SSSR count). The maximum Gasteiger partial charge on any atom is 0.242 e. The first kappa shape index (κ1) is 18.9. The van der Waals surface area contributed by atoms with Gasteiger partial charge in [-0.05, 0) is 37.6 Å². The summed E-state index contributed by atoms with van der Waals surface area (Å²) in [6.45, 7) is 11.1. The number of amides is 2. The van der Waals surface area contributed by atoms with E-state index in [0.29, 0.717) is 31.3 Å². The first-order valence-corrected chi connectivity index (χ1v) is 7.53. The van der Waals surface area contributed by atoms with Gasteiger partial charge in [0.05, 0.1) is 0 Å². The summed E-state index contributed by atoms with van der Waals surface area (Å²) in [6.07, 6.45) is 1.31. The molecule has 0 aromatic rings. The lowest BCUT2D eigenvalue weighted by atomic mass is 9.94. The third-order valence-corrected chi connectivity index (χ3v) is 3.07. The smallest absolute Gasteiger partial charge is 0.242 e. The SMILES string of the molecule is CC(C)CNC(=O)C(C)NC(=O)C[C@@H](CN)CC(C)C. The van der Waals surface area contributed by atoms with Crippen LogP contribution in [-0.4, -0.2) is 30.9 Å². The summed E-state index contributed by atoms with van der Waals surface area (Å²) >= 11 is 0. The largest absolute Gasteiger partial charge is 0.354 e. The van der Waals surface area contributed by atoms with Crippen molar-refractivity contribution in [2.45, 2.75) is 53.5 Å². The van der Waals surface area contributed by atoms with Crippen molar-refractivity contribution < 1.29 is 9.59 Å². The molecule has 0 aliphatic heterocycles. The Balaban J connectivity index is 4.14. The highest BCUT2D eigenvalue weighted by molar-refractivity contribution is 5.87. The summed E-state index contributed by atoms with van der Waals surface area (Å²) in [5, 5.41) is 5.54. The molecule has 1 unspecified atom stereocenters. The van der Waals surface area contributed by atoms with Crippen LogP contribution in [-0.2, 0) is 9.59 Å². The van der Waals surface area contributed by atoms with Crippen molar-refractivity contribution in [1.82, 2.24) is 10.6 Å². The van der Waals surface area contributed by atoms with Crippen LogP contribution in [0.25, 0.3) is 0 Å². The predicted molar refractivity (Wildman–Crippen MR) is 82.1 cm³/mol. The van der Waals surface area contributed by atoms with Gasteiger partial charge < -0.3 is 16.4 Å². The Labute approximate surface area is 123 Å². The third-order valence-electron chi connectivity index (χ3n) is 3.07. The van der Waals surface area contributed by atoms with E-state index in [4.69, 9.17) is 5.73 Å². The Morgan fingerprint density at radius 3 is 2.10 bits per heavy atom. The second-order valence-corrected chi connectivity index (χ2v) is 6.36. The van der Waals surface area contributed by atoms with Crippen LogP contribution in [0.4, 0.5) is 0 Å². The molecule has 0 aromatic heterocycles. The van der Waals surface area contributed by atoms with Gasteiger partial charge in [-0.2, -0.15) is 0 Å². The summed E-state index contributed by atoms with van der Waals surface area (Å²) < 4.78 is 0. The average Bonchev–Trinajstić information content (AvgIpc) is 2.34. The molecule has 0 heterocycles. The second kappa shape index (κ2) is 9.75. The van der Waals surface area contributed by atoms with Gasteiger partial charge in [-0.3, -0.25) is 9.59 Å². The fourth-order valence-corrected chi connectivity index (χ4v) is 2.02. The molecule has 0 saturated carbocycles. The van der Waals surface area contributed by atoms with Crippen molar-refractivity contribution >= 4 is 11.8 Å². The highest BCUT2D eigenvalue weighted by atomic mass is 16.2. The van der Waals surface area contributed by atoms with E-state index in [0.717, 1.165) is 6.42 Å². The number of hydrogen-bond donors (Lipinski definition) is 3. The molecule has 0 aliphatic carbocycles. The lowest BCUT2D eigenvalue weighted by molar-refractivity contribution is -0.129. The van der Waals surface area contributed by atoms with E-state index in [9.17, 15) is 9.59 Å². The van der Waals surface area contributed by atoms with Crippen LogP contribution in [0.1, 0.15) is 47.5 Å². The van der Waals surface area contributed by atoms with E-state index in [1.807, 2.05) is 13.8 Å². The van der Waals surface area contributed by atoms with Crippen LogP contribution in [0.3, 0.4) is 0 Å². The average molecular weight is 285 g/mol. The van der Waals surface area contributed by atoms with Crippen molar-refractivity contribution in [2.24, 2.45) is 23.5 Å². The molecular formula is C15H31N3O2. The van der Waals surface area contributed by atoms with Crippen LogP contribution in [0.2, 0.25) is 0 Å². The van der Waals surface area contributed by atoms with Crippen molar-refractivity contribution in [3.05, 3.63) is 0 Å². The fourth-order valence-electron chi connectivity index (χ4n) is 2.02. The summed E-state index contributed by atoms with van der Waals surface area (Å²) in [6, 6.07) is -0.501. The quantitative estimate of drug-likeness (QED) is 0.596. The van der Waals surface area contributed by atoms with Gasteiger partial charge in [-0.1, -0.05) is 27.7 Å². The lowest BCUT2D eigenvalue weighted by Gasteiger charge is -2.19. The highest BCUT2D eigenvalue weighted by Gasteiger charge is 2.18. The van der Waals surface area contributed by atoms with Gasteiger partial charge in [0.15, 0.2) is 0 Å². The first-order chi connectivity index (χ1) is 9.26. The summed E-state index contributed by atoms with van der Waals surface area (Å²) in [4.78, 5) is 23.7. The zero-order valence-electron chi connectivity index (χ0n) is 13.5. The fraction of sp³-hybridized carbons (Fsp3) is 0.867. The summed E-state index contributed by atoms with van der Waals surface area (Å²) in [5.41, 5.74) is 5.68. The van der Waals surface area contributed by atoms with Crippen molar-refractivity contribution in [3.8, 4) is 0 Å². The molecule has 5 nitrogen and oxygen atoms in total. The van der Waals surface area contributed by atoms with Gasteiger partial charge in [0.2, 0.25) is 11.8 Å². The molecule has 0 fully saturated rings. The molecule has 2 amide bonds. The molecule has 0 radical (unpaired) electrons. The van der Waals surface area contributed by atoms with Crippen molar-refractivity contribution in [2.75, 3.05) is 13.1 Å². The number of hydrogen-bond acceptors (Lipinski definition) is 3. The van der Waals surface area contributed by atoms with E-state index in [-0.39, 0.29) is 17.7 Å². The normalized spacial score (nSPS) is 14.2. The molecule has 0 spiro atoms. The Hall–Kier alpha value is -1.10. The van der Waals surface area contributed by atoms with Crippen LogP contribution < -0.4 is 16.4 Å². The lowest BCUT2D eigenvalue weighted by Crippen LogP contribution is -2.46. The Morgan fingerprint density at radius 2 is 1.65 bits per heavy atom. The summed E-state index contributed by atoms with van der Waals surface area (Å²) in [7, 11) is 0. The van der Waals surface area contributed by atoms with Gasteiger partial charge in [0.25, 0.3) is 0 Å². The number of carbonyl (C=O) groups excluding carboxylic acids is 2. The Kier molecular flexibility index (Phi) is 9.21. The molecule has 2 atom stereocenters. The molecular weight excluding hydrogens is 254 g/mol. The number of carbonyl (C=O) groups is 2. The number of nitrogens with one attached hydrogen (secondary N) is 2. The summed E-state index contributed by atoms with van der Waals surface area (Å²) in [5.74, 6) is 0.854. The van der Waals surface area contributed by atoms with Gasteiger partial charge in [0.1, 0.15) is 6.04 Å². The van der Waals surface area contributed by atoms with Crippen LogP contribution >= 0.6 is 0 Å². The van der Waals surface area contributed by atoms with E-state index in [1.54, 1.807) is 6.92 Å². The monoisotopic (exact) mass is 285 g/mol. The van der Waals surface area contributed by atoms with Gasteiger partial charge in [-0.25, -0.2) is 0 Å². The van der Waals surface area contributed by atoms with Gasteiger partial charge in [0, 0.05) is 13.0 Å². The molecule has 20 heavy (non-hydrogen) atoms. The van der Waals surface area contributed by atoms with E-state index >= 15 is 0 Å². The third kappa shape index (κ3) is 8.91. The van der Waals surface area contributed by atoms with Crippen LogP contribution in [0, 0.1) is 17.8 Å². The maximum atomic E-state index is 11.9. The molecule has 0 bridgehead atoms. The van der Waals surface area contributed by atoms with Gasteiger partial charge >= 0.3 is 0 Å². The second-order valence-electron chi connectivity index (χ2n) is 6.36. The van der Waals surface area contributed by atoms with Crippen LogP contribution in [0.15, 0.2) is 0 Å². The maximum absolute atomic E-state index is 11.9. The first-order valence-electron chi connectivity index (χ1n) is 7.53. The van der Waals surface area contributed by atoms with E-state index in [2.05, 4.69) is 24.5 Å². The molecule has 0 saturated heterocycles. The van der Waals surface area contributed by atoms with Crippen molar-refractivity contribution in [3.63, 3.8) is 0 Å². The number of rotatable bonds is 9. The van der Waals surface area contributed by atoms with E-state index < -0.39 is 6.04 Å². The van der Waals surface area contributed by atoms with E-state index in [1.165, 1.54) is 0 Å². The zero-order chi connectivity index (χ0) is 15.7. The topological polar surface area (TPSA) is 84.2 Å². The Morgan fingerprint density at radius 1 is 1.05 bits per heavy atom. The van der Waals surface area contributed by atoms with Crippen molar-refractivity contribution in [1.29, 1.82) is 0 Å². The minimum atomic E-state index is -0.501. The minimum Gasteiger partial charge on any atom is -0.354 e. The molecule has 5 heteroatoms. The highest BCUT2D eigenvalue weighted by Crippen LogP contribution is 2.14. The molecule has 0 aromatic carbocycles. The standard InChI is InChI=1S/C15H31N3O2/c1-10(2)6-13(8-16)7-14(19)18-12(5)15(20)17-9-11(3)4/h10-13H,6-9,16H2,1-5H3,(H,17,20)(H,18,19)/t12?,13-/m0/s1. The Bertz CT molecular complexity index is 303. The number of nitrogens with two attached hydrogens (primary N) is 1. The minimum absolute atomic E-state index is 0.103. The predicted octanol–water partition coefficient (Wildman–Crippen LogP) is 1.27. The molecule has 118 valence electrons.